The number of nitrogens with zero attached hydrogens (tertiary/aromatic N) is 4. The second kappa shape index (κ2) is 6.73. The zero-order valence-electron chi connectivity index (χ0n) is 13.7. The standard InChI is InChI=1S/C20H18N4O/c25-20(12-11-16-7-3-1-4-8-16)23-13-18(14-23)24-15-19(21-22-24)17-9-5-2-6-10-17/h1-12,15,18H,13-14H2/b12-11+. The predicted molar refractivity (Wildman–Crippen MR) is 96.6 cm³/mol. The Balaban J connectivity index is 1.35. The number of amides is 1. The molecule has 0 spiro atoms. The van der Waals surface area contributed by atoms with Crippen LogP contribution < -0.4 is 0 Å². The number of likely N-dealkylation sites (tertiary alicyclic amines) is 1. The molecule has 0 saturated carbocycles. The average Bonchev–Trinajstić information content (AvgIpc) is 3.10. The largest absolute Gasteiger partial charge is 0.335 e. The maximum Gasteiger partial charge on any atom is 0.246 e. The number of benzene rings is 2. The second-order valence-corrected chi connectivity index (χ2v) is 6.09. The summed E-state index contributed by atoms with van der Waals surface area (Å²) >= 11 is 0. The zero-order valence-corrected chi connectivity index (χ0v) is 13.7. The molecule has 1 amide bonds. The van der Waals surface area contributed by atoms with Gasteiger partial charge in [-0.25, -0.2) is 4.68 Å². The van der Waals surface area contributed by atoms with Gasteiger partial charge in [-0.05, 0) is 11.6 Å². The first-order valence-electron chi connectivity index (χ1n) is 8.29. The molecule has 2 aromatic carbocycles. The van der Waals surface area contributed by atoms with Gasteiger partial charge in [-0.15, -0.1) is 5.10 Å². The fraction of sp³-hybridized carbons (Fsp3) is 0.150. The van der Waals surface area contributed by atoms with Crippen LogP contribution in [0.5, 0.6) is 0 Å². The average molecular weight is 330 g/mol. The Morgan fingerprint density at radius 3 is 2.40 bits per heavy atom. The molecule has 5 heteroatoms. The third kappa shape index (κ3) is 3.35. The number of carbonyl (C=O) groups excluding carboxylic acids is 1. The first kappa shape index (κ1) is 15.3. The number of rotatable bonds is 4. The smallest absolute Gasteiger partial charge is 0.246 e. The van der Waals surface area contributed by atoms with Gasteiger partial charge in [0.05, 0.1) is 12.2 Å². The van der Waals surface area contributed by atoms with E-state index in [0.717, 1.165) is 16.8 Å². The Morgan fingerprint density at radius 2 is 1.68 bits per heavy atom. The van der Waals surface area contributed by atoms with E-state index in [2.05, 4.69) is 10.3 Å². The van der Waals surface area contributed by atoms with Crippen molar-refractivity contribution in [2.75, 3.05) is 13.1 Å². The van der Waals surface area contributed by atoms with Gasteiger partial charge in [-0.2, -0.15) is 0 Å². The highest BCUT2D eigenvalue weighted by Crippen LogP contribution is 2.23. The van der Waals surface area contributed by atoms with Crippen LogP contribution in [0.2, 0.25) is 0 Å². The highest BCUT2D eigenvalue weighted by atomic mass is 16.2. The van der Waals surface area contributed by atoms with Crippen molar-refractivity contribution in [3.63, 3.8) is 0 Å². The Kier molecular flexibility index (Phi) is 4.12. The molecule has 0 aliphatic carbocycles. The van der Waals surface area contributed by atoms with Crippen LogP contribution in [0, 0.1) is 0 Å². The molecule has 1 aliphatic heterocycles. The Morgan fingerprint density at radius 1 is 1.00 bits per heavy atom. The minimum atomic E-state index is 0.0310. The molecule has 0 bridgehead atoms. The molecule has 1 saturated heterocycles. The molecular formula is C20H18N4O. The van der Waals surface area contributed by atoms with Crippen LogP contribution in [-0.4, -0.2) is 38.9 Å². The Labute approximate surface area is 146 Å². The van der Waals surface area contributed by atoms with Crippen LogP contribution in [0.25, 0.3) is 17.3 Å². The van der Waals surface area contributed by atoms with E-state index in [9.17, 15) is 4.79 Å². The van der Waals surface area contributed by atoms with Crippen molar-refractivity contribution < 1.29 is 4.79 Å². The summed E-state index contributed by atoms with van der Waals surface area (Å²) in [5, 5.41) is 8.44. The summed E-state index contributed by atoms with van der Waals surface area (Å²) in [7, 11) is 0. The second-order valence-electron chi connectivity index (χ2n) is 6.09. The topological polar surface area (TPSA) is 51.0 Å². The lowest BCUT2D eigenvalue weighted by Crippen LogP contribution is -2.50. The molecule has 124 valence electrons. The van der Waals surface area contributed by atoms with Crippen molar-refractivity contribution in [1.82, 2.24) is 19.9 Å². The highest BCUT2D eigenvalue weighted by Gasteiger charge is 2.31. The van der Waals surface area contributed by atoms with Crippen LogP contribution >= 0.6 is 0 Å². The summed E-state index contributed by atoms with van der Waals surface area (Å²) in [6.45, 7) is 1.32. The van der Waals surface area contributed by atoms with E-state index < -0.39 is 0 Å². The maximum absolute atomic E-state index is 12.2. The lowest BCUT2D eigenvalue weighted by molar-refractivity contribution is -0.131. The van der Waals surface area contributed by atoms with E-state index >= 15 is 0 Å². The summed E-state index contributed by atoms with van der Waals surface area (Å²) in [5.74, 6) is 0.0310. The molecule has 0 unspecified atom stereocenters. The fourth-order valence-corrected chi connectivity index (χ4v) is 2.84. The van der Waals surface area contributed by atoms with Gasteiger partial charge in [-0.3, -0.25) is 4.79 Å². The van der Waals surface area contributed by atoms with Gasteiger partial charge in [0.1, 0.15) is 5.69 Å². The summed E-state index contributed by atoms with van der Waals surface area (Å²) in [4.78, 5) is 14.0. The van der Waals surface area contributed by atoms with Crippen molar-refractivity contribution in [3.05, 3.63) is 78.5 Å². The molecule has 1 fully saturated rings. The molecule has 1 aromatic heterocycles. The van der Waals surface area contributed by atoms with Crippen molar-refractivity contribution in [1.29, 1.82) is 0 Å². The monoisotopic (exact) mass is 330 g/mol. The Bertz CT molecular complexity index is 880. The van der Waals surface area contributed by atoms with E-state index in [4.69, 9.17) is 0 Å². The van der Waals surface area contributed by atoms with Crippen LogP contribution in [0.1, 0.15) is 11.6 Å². The van der Waals surface area contributed by atoms with Crippen molar-refractivity contribution in [2.45, 2.75) is 6.04 Å². The maximum atomic E-state index is 12.2. The molecule has 3 aromatic rings. The van der Waals surface area contributed by atoms with Crippen molar-refractivity contribution >= 4 is 12.0 Å². The van der Waals surface area contributed by atoms with Gasteiger partial charge >= 0.3 is 0 Å². The molecule has 0 radical (unpaired) electrons. The highest BCUT2D eigenvalue weighted by molar-refractivity contribution is 5.92. The van der Waals surface area contributed by atoms with Crippen LogP contribution in [0.3, 0.4) is 0 Å². The minimum absolute atomic E-state index is 0.0310. The quantitative estimate of drug-likeness (QED) is 0.691. The van der Waals surface area contributed by atoms with Gasteiger partial charge in [0, 0.05) is 24.7 Å². The molecular weight excluding hydrogens is 312 g/mol. The van der Waals surface area contributed by atoms with Gasteiger partial charge in [-0.1, -0.05) is 65.9 Å². The first-order chi connectivity index (χ1) is 12.3. The summed E-state index contributed by atoms with van der Waals surface area (Å²) in [6.07, 6.45) is 5.42. The Hall–Kier alpha value is -3.21. The van der Waals surface area contributed by atoms with E-state index in [1.54, 1.807) is 6.08 Å². The third-order valence-electron chi connectivity index (χ3n) is 4.35. The van der Waals surface area contributed by atoms with Crippen LogP contribution in [-0.2, 0) is 4.79 Å². The summed E-state index contributed by atoms with van der Waals surface area (Å²) in [6, 6.07) is 20.0. The lowest BCUT2D eigenvalue weighted by atomic mass is 10.1. The zero-order chi connectivity index (χ0) is 17.1. The van der Waals surface area contributed by atoms with Crippen LogP contribution in [0.15, 0.2) is 72.9 Å². The van der Waals surface area contributed by atoms with Gasteiger partial charge in [0.2, 0.25) is 5.91 Å². The fourth-order valence-electron chi connectivity index (χ4n) is 2.84. The normalized spacial score (nSPS) is 14.6. The number of carbonyl (C=O) groups is 1. The van der Waals surface area contributed by atoms with Gasteiger partial charge in [0.15, 0.2) is 0 Å². The molecule has 5 nitrogen and oxygen atoms in total. The predicted octanol–water partition coefficient (Wildman–Crippen LogP) is 3.04. The molecule has 1 aliphatic rings. The third-order valence-corrected chi connectivity index (χ3v) is 4.35. The SMILES string of the molecule is O=C(/C=C/c1ccccc1)N1CC(n2cc(-c3ccccc3)nn2)C1. The molecule has 0 N–H and O–H groups in total. The number of aromatic nitrogens is 3. The van der Waals surface area contributed by atoms with E-state index in [-0.39, 0.29) is 11.9 Å². The first-order valence-corrected chi connectivity index (χ1v) is 8.29. The number of hydrogen-bond acceptors (Lipinski definition) is 3. The van der Waals surface area contributed by atoms with Crippen molar-refractivity contribution in [3.8, 4) is 11.3 Å². The summed E-state index contributed by atoms with van der Waals surface area (Å²) < 4.78 is 1.85. The minimum Gasteiger partial charge on any atom is -0.335 e. The van der Waals surface area contributed by atoms with Crippen molar-refractivity contribution in [2.24, 2.45) is 0 Å². The van der Waals surface area contributed by atoms with Crippen LogP contribution in [0.4, 0.5) is 0 Å². The molecule has 2 heterocycles. The summed E-state index contributed by atoms with van der Waals surface area (Å²) in [5.41, 5.74) is 2.93. The van der Waals surface area contributed by atoms with E-state index in [1.807, 2.05) is 82.5 Å². The van der Waals surface area contributed by atoms with E-state index in [1.165, 1.54) is 0 Å². The lowest BCUT2D eigenvalue weighted by Gasteiger charge is -2.38. The van der Waals surface area contributed by atoms with Gasteiger partial charge < -0.3 is 4.90 Å². The number of hydrogen-bond donors (Lipinski definition) is 0. The molecule has 4 rings (SSSR count). The van der Waals surface area contributed by atoms with E-state index in [0.29, 0.717) is 13.1 Å². The molecule has 25 heavy (non-hydrogen) atoms. The van der Waals surface area contributed by atoms with Gasteiger partial charge in [0.25, 0.3) is 0 Å². The molecule has 0 atom stereocenters.